The minimum Gasteiger partial charge on any atom is -0.416 e. The fraction of sp³-hybridized carbons (Fsp3) is 0. The first-order chi connectivity index (χ1) is 10.3. The largest absolute Gasteiger partial charge is 0.416 e. The van der Waals surface area contributed by atoms with Gasteiger partial charge in [0, 0.05) is 11.1 Å². The normalized spacial score (nSPS) is 9.81. The Morgan fingerprint density at radius 1 is 0.667 bits per heavy atom. The van der Waals surface area contributed by atoms with Crippen LogP contribution >= 0.6 is 0 Å². The van der Waals surface area contributed by atoms with Crippen LogP contribution in [0.1, 0.15) is 11.1 Å². The van der Waals surface area contributed by atoms with E-state index in [1.54, 1.807) is 48.5 Å². The molecule has 0 N–H and O–H groups in total. The predicted molar refractivity (Wildman–Crippen MR) is 74.6 cm³/mol. The zero-order valence-corrected chi connectivity index (χ0v) is 10.8. The van der Waals surface area contributed by atoms with Gasteiger partial charge in [-0.25, -0.2) is 0 Å². The van der Waals surface area contributed by atoms with Crippen molar-refractivity contribution in [2.24, 2.45) is 0 Å². The fourth-order valence-corrected chi connectivity index (χ4v) is 1.83. The molecule has 5 heteroatoms. The Hall–Kier alpha value is -3.44. The molecule has 0 aliphatic carbocycles. The van der Waals surface area contributed by atoms with Crippen LogP contribution in [0.3, 0.4) is 0 Å². The number of benzene rings is 2. The third-order valence-corrected chi connectivity index (χ3v) is 2.95. The SMILES string of the molecule is N#Cc1ccc(-c2nnc(-c3ccc(C#N)cc3)o2)cc1. The maximum Gasteiger partial charge on any atom is 0.248 e. The molecule has 1 heterocycles. The second-order valence-electron chi connectivity index (χ2n) is 4.29. The molecule has 5 nitrogen and oxygen atoms in total. The first-order valence-electron chi connectivity index (χ1n) is 6.15. The third-order valence-electron chi connectivity index (χ3n) is 2.95. The van der Waals surface area contributed by atoms with Crippen LogP contribution < -0.4 is 0 Å². The van der Waals surface area contributed by atoms with Gasteiger partial charge in [-0.1, -0.05) is 0 Å². The average Bonchev–Trinajstić information content (AvgIpc) is 3.05. The van der Waals surface area contributed by atoms with E-state index >= 15 is 0 Å². The molecule has 0 fully saturated rings. The van der Waals surface area contributed by atoms with Gasteiger partial charge in [0.15, 0.2) is 0 Å². The van der Waals surface area contributed by atoms with Gasteiger partial charge in [-0.15, -0.1) is 10.2 Å². The maximum atomic E-state index is 8.77. The molecular formula is C16H8N4O. The van der Waals surface area contributed by atoms with Gasteiger partial charge >= 0.3 is 0 Å². The van der Waals surface area contributed by atoms with Crippen molar-refractivity contribution in [2.45, 2.75) is 0 Å². The van der Waals surface area contributed by atoms with E-state index in [1.165, 1.54) is 0 Å². The monoisotopic (exact) mass is 272 g/mol. The Labute approximate surface area is 120 Å². The van der Waals surface area contributed by atoms with E-state index in [1.807, 2.05) is 0 Å². The minimum atomic E-state index is 0.388. The molecule has 0 spiro atoms. The van der Waals surface area contributed by atoms with Crippen LogP contribution in [-0.2, 0) is 0 Å². The average molecular weight is 272 g/mol. The van der Waals surface area contributed by atoms with Crippen LogP contribution in [0, 0.1) is 22.7 Å². The van der Waals surface area contributed by atoms with E-state index in [9.17, 15) is 0 Å². The molecule has 98 valence electrons. The molecule has 21 heavy (non-hydrogen) atoms. The number of hydrogen-bond acceptors (Lipinski definition) is 5. The predicted octanol–water partition coefficient (Wildman–Crippen LogP) is 3.15. The van der Waals surface area contributed by atoms with Crippen LogP contribution in [0.5, 0.6) is 0 Å². The molecule has 3 aromatic rings. The van der Waals surface area contributed by atoms with Gasteiger partial charge in [0.05, 0.1) is 23.3 Å². The summed E-state index contributed by atoms with van der Waals surface area (Å²) in [5.74, 6) is 0.776. The van der Waals surface area contributed by atoms with Gasteiger partial charge in [-0.05, 0) is 48.5 Å². The lowest BCUT2D eigenvalue weighted by Crippen LogP contribution is -1.79. The summed E-state index contributed by atoms with van der Waals surface area (Å²) in [5.41, 5.74) is 2.65. The number of rotatable bonds is 2. The molecule has 0 atom stereocenters. The van der Waals surface area contributed by atoms with E-state index in [0.29, 0.717) is 22.9 Å². The van der Waals surface area contributed by atoms with E-state index in [-0.39, 0.29) is 0 Å². The number of nitrogens with zero attached hydrogens (tertiary/aromatic N) is 4. The molecular weight excluding hydrogens is 264 g/mol. The van der Waals surface area contributed by atoms with Gasteiger partial charge in [0.2, 0.25) is 11.8 Å². The third kappa shape index (κ3) is 2.49. The molecule has 0 amide bonds. The molecule has 3 rings (SSSR count). The Morgan fingerprint density at radius 2 is 1.05 bits per heavy atom. The summed E-state index contributed by atoms with van der Waals surface area (Å²) in [7, 11) is 0. The summed E-state index contributed by atoms with van der Waals surface area (Å²) in [6.45, 7) is 0. The second kappa shape index (κ2) is 5.28. The molecule has 1 aromatic heterocycles. The zero-order chi connectivity index (χ0) is 14.7. The number of hydrogen-bond donors (Lipinski definition) is 0. The van der Waals surface area contributed by atoms with Crippen molar-refractivity contribution in [1.82, 2.24) is 10.2 Å². The molecule has 0 unspecified atom stereocenters. The first-order valence-corrected chi connectivity index (χ1v) is 6.15. The van der Waals surface area contributed by atoms with Crippen molar-refractivity contribution in [3.05, 3.63) is 59.7 Å². The van der Waals surface area contributed by atoms with Crippen molar-refractivity contribution in [2.75, 3.05) is 0 Å². The lowest BCUT2D eigenvalue weighted by molar-refractivity contribution is 0.584. The van der Waals surface area contributed by atoms with Crippen LogP contribution in [0.2, 0.25) is 0 Å². The maximum absolute atomic E-state index is 8.77. The van der Waals surface area contributed by atoms with Crippen molar-refractivity contribution < 1.29 is 4.42 Å². The topological polar surface area (TPSA) is 86.5 Å². The van der Waals surface area contributed by atoms with E-state index in [4.69, 9.17) is 14.9 Å². The van der Waals surface area contributed by atoms with Crippen LogP contribution in [0.4, 0.5) is 0 Å². The van der Waals surface area contributed by atoms with Gasteiger partial charge in [0.1, 0.15) is 0 Å². The molecule has 0 saturated heterocycles. The Bertz CT molecular complexity index is 777. The van der Waals surface area contributed by atoms with Crippen LogP contribution in [0.15, 0.2) is 52.9 Å². The van der Waals surface area contributed by atoms with Crippen molar-refractivity contribution in [1.29, 1.82) is 10.5 Å². The molecule has 2 aromatic carbocycles. The summed E-state index contributed by atoms with van der Waals surface area (Å²) in [6, 6.07) is 17.9. The second-order valence-corrected chi connectivity index (χ2v) is 4.29. The summed E-state index contributed by atoms with van der Waals surface area (Å²) in [4.78, 5) is 0. The highest BCUT2D eigenvalue weighted by atomic mass is 16.4. The van der Waals surface area contributed by atoms with Crippen molar-refractivity contribution in [3.63, 3.8) is 0 Å². The summed E-state index contributed by atoms with van der Waals surface area (Å²) in [6.07, 6.45) is 0. The standard InChI is InChI=1S/C16H8N4O/c17-9-11-1-5-13(6-2-11)15-19-20-16(21-15)14-7-3-12(10-18)4-8-14/h1-8H. The lowest BCUT2D eigenvalue weighted by Gasteiger charge is -1.95. The van der Waals surface area contributed by atoms with Gasteiger partial charge in [-0.3, -0.25) is 0 Å². The summed E-state index contributed by atoms with van der Waals surface area (Å²) >= 11 is 0. The molecule has 0 aliphatic rings. The van der Waals surface area contributed by atoms with Crippen molar-refractivity contribution in [3.8, 4) is 35.0 Å². The van der Waals surface area contributed by atoms with Crippen molar-refractivity contribution >= 4 is 0 Å². The van der Waals surface area contributed by atoms with Crippen LogP contribution in [-0.4, -0.2) is 10.2 Å². The number of nitriles is 2. The van der Waals surface area contributed by atoms with Crippen LogP contribution in [0.25, 0.3) is 22.9 Å². The quantitative estimate of drug-likeness (QED) is 0.715. The Kier molecular flexibility index (Phi) is 3.16. The first kappa shape index (κ1) is 12.6. The smallest absolute Gasteiger partial charge is 0.248 e. The molecule has 0 aliphatic heterocycles. The van der Waals surface area contributed by atoms with Gasteiger partial charge in [0.25, 0.3) is 0 Å². The van der Waals surface area contributed by atoms with E-state index < -0.39 is 0 Å². The molecule has 0 saturated carbocycles. The molecule has 0 radical (unpaired) electrons. The highest BCUT2D eigenvalue weighted by molar-refractivity contribution is 5.59. The Morgan fingerprint density at radius 3 is 1.38 bits per heavy atom. The summed E-state index contributed by atoms with van der Waals surface area (Å²) < 4.78 is 5.61. The summed E-state index contributed by atoms with van der Waals surface area (Å²) in [5, 5.41) is 25.5. The number of aromatic nitrogens is 2. The lowest BCUT2D eigenvalue weighted by atomic mass is 10.1. The van der Waals surface area contributed by atoms with E-state index in [2.05, 4.69) is 22.3 Å². The Balaban J connectivity index is 1.92. The fourth-order valence-electron chi connectivity index (χ4n) is 1.83. The zero-order valence-electron chi connectivity index (χ0n) is 10.8. The molecule has 0 bridgehead atoms. The minimum absolute atomic E-state index is 0.388. The highest BCUT2D eigenvalue weighted by Crippen LogP contribution is 2.24. The highest BCUT2D eigenvalue weighted by Gasteiger charge is 2.10. The van der Waals surface area contributed by atoms with Gasteiger partial charge in [-0.2, -0.15) is 10.5 Å². The van der Waals surface area contributed by atoms with E-state index in [0.717, 1.165) is 11.1 Å². The van der Waals surface area contributed by atoms with Gasteiger partial charge < -0.3 is 4.42 Å².